The van der Waals surface area contributed by atoms with Gasteiger partial charge in [-0.1, -0.05) is 0 Å². The van der Waals surface area contributed by atoms with Gasteiger partial charge in [0.2, 0.25) is 5.78 Å². The predicted molar refractivity (Wildman–Crippen MR) is 82.9 cm³/mol. The van der Waals surface area contributed by atoms with Crippen LogP contribution in [-0.4, -0.2) is 28.6 Å². The van der Waals surface area contributed by atoms with Crippen molar-refractivity contribution in [3.8, 4) is 0 Å². The number of aromatic nitrogens is 1. The third-order valence-electron chi connectivity index (χ3n) is 3.77. The van der Waals surface area contributed by atoms with Gasteiger partial charge in [-0.15, -0.1) is 0 Å². The summed E-state index contributed by atoms with van der Waals surface area (Å²) < 4.78 is 10.3. The van der Waals surface area contributed by atoms with Crippen molar-refractivity contribution in [1.29, 1.82) is 0 Å². The zero-order chi connectivity index (χ0) is 17.3. The molecule has 0 fully saturated rings. The van der Waals surface area contributed by atoms with E-state index in [0.29, 0.717) is 22.6 Å². The first kappa shape index (κ1) is 16.7. The molecule has 0 aliphatic carbocycles. The maximum atomic E-state index is 12.5. The molecule has 0 saturated carbocycles. The summed E-state index contributed by atoms with van der Waals surface area (Å²) in [5.41, 5.74) is 2.27. The Kier molecular flexibility index (Phi) is 4.54. The number of carbonyl (C=O) groups is 3. The lowest BCUT2D eigenvalue weighted by atomic mass is 10.0. The van der Waals surface area contributed by atoms with Crippen LogP contribution in [0.1, 0.15) is 62.1 Å². The van der Waals surface area contributed by atoms with Crippen LogP contribution in [0.3, 0.4) is 0 Å². The lowest BCUT2D eigenvalue weighted by molar-refractivity contribution is 0.0315. The number of hydrogen-bond donors (Lipinski definition) is 1. The second kappa shape index (κ2) is 6.24. The third-order valence-corrected chi connectivity index (χ3v) is 3.77. The molecule has 2 aromatic heterocycles. The number of nitrogens with one attached hydrogen (secondary N) is 1. The Balaban J connectivity index is 2.21. The van der Waals surface area contributed by atoms with E-state index in [-0.39, 0.29) is 22.8 Å². The number of rotatable bonds is 5. The van der Waals surface area contributed by atoms with Gasteiger partial charge >= 0.3 is 5.97 Å². The number of ketones is 2. The highest BCUT2D eigenvalue weighted by Crippen LogP contribution is 2.21. The first-order valence-electron chi connectivity index (χ1n) is 7.23. The minimum atomic E-state index is -0.978. The third kappa shape index (κ3) is 3.11. The first-order chi connectivity index (χ1) is 10.7. The first-order valence-corrected chi connectivity index (χ1v) is 7.23. The highest BCUT2D eigenvalue weighted by atomic mass is 16.5. The lowest BCUT2D eigenvalue weighted by Crippen LogP contribution is -2.25. The number of Topliss-reactive ketones (excluding diaryl/α,β-unsaturated/α-hetero) is 2. The lowest BCUT2D eigenvalue weighted by Gasteiger charge is -2.11. The number of furan rings is 1. The molecule has 0 saturated heterocycles. The minimum absolute atomic E-state index is 0.117. The normalized spacial score (nSPS) is 12.0. The molecule has 0 aliphatic heterocycles. The molecular weight excluding hydrogens is 298 g/mol. The Labute approximate surface area is 133 Å². The van der Waals surface area contributed by atoms with E-state index in [0.717, 1.165) is 0 Å². The number of ether oxygens (including phenoxy) is 1. The van der Waals surface area contributed by atoms with Gasteiger partial charge in [0.05, 0.1) is 12.0 Å². The van der Waals surface area contributed by atoms with Crippen LogP contribution >= 0.6 is 0 Å². The molecule has 0 unspecified atom stereocenters. The van der Waals surface area contributed by atoms with E-state index in [9.17, 15) is 14.4 Å². The summed E-state index contributed by atoms with van der Waals surface area (Å²) in [7, 11) is 0. The summed E-state index contributed by atoms with van der Waals surface area (Å²) in [6.07, 6.45) is 0.407. The molecule has 23 heavy (non-hydrogen) atoms. The van der Waals surface area contributed by atoms with Crippen LogP contribution in [0, 0.1) is 20.8 Å². The monoisotopic (exact) mass is 317 g/mol. The number of H-pyrrole nitrogens is 1. The molecule has 6 heteroatoms. The highest BCUT2D eigenvalue weighted by molar-refractivity contribution is 6.05. The van der Waals surface area contributed by atoms with E-state index in [1.807, 2.05) is 0 Å². The van der Waals surface area contributed by atoms with Gasteiger partial charge in [0, 0.05) is 11.3 Å². The van der Waals surface area contributed by atoms with Crippen LogP contribution in [0.5, 0.6) is 0 Å². The van der Waals surface area contributed by atoms with Gasteiger partial charge in [0.25, 0.3) is 0 Å². The summed E-state index contributed by atoms with van der Waals surface area (Å²) in [5.74, 6) is -0.688. The maximum Gasteiger partial charge on any atom is 0.342 e. The van der Waals surface area contributed by atoms with Crippen molar-refractivity contribution in [2.75, 3.05) is 0 Å². The number of esters is 1. The molecule has 1 N–H and O–H groups in total. The summed E-state index contributed by atoms with van der Waals surface area (Å²) in [6.45, 7) is 8.01. The smallest absolute Gasteiger partial charge is 0.342 e. The Bertz CT molecular complexity index is 781. The summed E-state index contributed by atoms with van der Waals surface area (Å²) in [4.78, 5) is 39.1. The SMILES string of the molecule is CC(=O)c1c(C)[nH]c(C(=O)[C@@H](C)OC(=O)c2ccoc2C)c1C. The fraction of sp³-hybridized carbons (Fsp3) is 0.353. The zero-order valence-corrected chi connectivity index (χ0v) is 13.8. The van der Waals surface area contributed by atoms with Crippen molar-refractivity contribution in [2.45, 2.75) is 40.7 Å². The van der Waals surface area contributed by atoms with E-state index in [4.69, 9.17) is 9.15 Å². The van der Waals surface area contributed by atoms with Crippen LogP contribution in [0.4, 0.5) is 0 Å². The minimum Gasteiger partial charge on any atom is -0.469 e. The summed E-state index contributed by atoms with van der Waals surface area (Å²) in [6, 6.07) is 1.49. The quantitative estimate of drug-likeness (QED) is 0.676. The zero-order valence-electron chi connectivity index (χ0n) is 13.8. The number of carbonyl (C=O) groups excluding carboxylic acids is 3. The predicted octanol–water partition coefficient (Wildman–Crippen LogP) is 3.16. The van der Waals surface area contributed by atoms with Crippen molar-refractivity contribution >= 4 is 17.5 Å². The molecule has 0 radical (unpaired) electrons. The standard InChI is InChI=1S/C17H19NO5/c1-8-14(10(3)19)9(2)18-15(8)16(20)12(5)23-17(21)13-6-7-22-11(13)4/h6-7,12,18H,1-5H3/t12-/m1/s1. The van der Waals surface area contributed by atoms with Crippen molar-refractivity contribution in [3.05, 3.63) is 46.2 Å². The molecular formula is C17H19NO5. The average Bonchev–Trinajstić information content (AvgIpc) is 3.01. The largest absolute Gasteiger partial charge is 0.469 e. The second-order valence-corrected chi connectivity index (χ2v) is 5.48. The Hall–Kier alpha value is -2.63. The molecule has 0 aliphatic rings. The van der Waals surface area contributed by atoms with Gasteiger partial charge in [-0.3, -0.25) is 9.59 Å². The molecule has 2 aromatic rings. The van der Waals surface area contributed by atoms with Gasteiger partial charge in [-0.05, 0) is 46.2 Å². The van der Waals surface area contributed by atoms with E-state index in [1.54, 1.807) is 20.8 Å². The van der Waals surface area contributed by atoms with Gasteiger partial charge in [0.15, 0.2) is 11.9 Å². The molecule has 2 rings (SSSR count). The van der Waals surface area contributed by atoms with E-state index < -0.39 is 12.1 Å². The van der Waals surface area contributed by atoms with E-state index in [1.165, 1.54) is 26.2 Å². The van der Waals surface area contributed by atoms with E-state index in [2.05, 4.69) is 4.98 Å². The number of hydrogen-bond acceptors (Lipinski definition) is 5. The summed E-state index contributed by atoms with van der Waals surface area (Å²) in [5, 5.41) is 0. The fourth-order valence-electron chi connectivity index (χ4n) is 2.60. The van der Waals surface area contributed by atoms with Gasteiger partial charge in [-0.25, -0.2) is 4.79 Å². The van der Waals surface area contributed by atoms with Crippen LogP contribution in [-0.2, 0) is 4.74 Å². The molecule has 6 nitrogen and oxygen atoms in total. The molecule has 0 bridgehead atoms. The van der Waals surface area contributed by atoms with Crippen LogP contribution in [0.25, 0.3) is 0 Å². The van der Waals surface area contributed by atoms with Crippen LogP contribution < -0.4 is 0 Å². The number of aromatic amines is 1. The molecule has 0 amide bonds. The number of aryl methyl sites for hydroxylation is 2. The molecule has 2 heterocycles. The maximum absolute atomic E-state index is 12.5. The van der Waals surface area contributed by atoms with Crippen molar-refractivity contribution in [1.82, 2.24) is 4.98 Å². The molecule has 1 atom stereocenters. The van der Waals surface area contributed by atoms with Gasteiger partial charge < -0.3 is 14.1 Å². The van der Waals surface area contributed by atoms with Gasteiger partial charge in [0.1, 0.15) is 11.3 Å². The second-order valence-electron chi connectivity index (χ2n) is 5.48. The topological polar surface area (TPSA) is 89.4 Å². The van der Waals surface area contributed by atoms with Crippen LogP contribution in [0.15, 0.2) is 16.7 Å². The summed E-state index contributed by atoms with van der Waals surface area (Å²) >= 11 is 0. The van der Waals surface area contributed by atoms with E-state index >= 15 is 0 Å². The highest BCUT2D eigenvalue weighted by Gasteiger charge is 2.27. The fourth-order valence-corrected chi connectivity index (χ4v) is 2.60. The van der Waals surface area contributed by atoms with Crippen molar-refractivity contribution in [3.63, 3.8) is 0 Å². The Morgan fingerprint density at radius 3 is 2.35 bits per heavy atom. The molecule has 0 spiro atoms. The molecule has 122 valence electrons. The average molecular weight is 317 g/mol. The van der Waals surface area contributed by atoms with Crippen LogP contribution in [0.2, 0.25) is 0 Å². The Morgan fingerprint density at radius 1 is 1.22 bits per heavy atom. The van der Waals surface area contributed by atoms with Crippen molar-refractivity contribution < 1.29 is 23.5 Å². The van der Waals surface area contributed by atoms with Crippen molar-refractivity contribution in [2.24, 2.45) is 0 Å². The Morgan fingerprint density at radius 2 is 1.87 bits per heavy atom. The van der Waals surface area contributed by atoms with Gasteiger partial charge in [-0.2, -0.15) is 0 Å². The molecule has 0 aromatic carbocycles.